The van der Waals surface area contributed by atoms with Gasteiger partial charge in [-0.15, -0.1) is 0 Å². The van der Waals surface area contributed by atoms with Gasteiger partial charge in [0.25, 0.3) is 0 Å². The molecule has 0 amide bonds. The molecule has 4 heteroatoms. The van der Waals surface area contributed by atoms with E-state index in [0.29, 0.717) is 4.64 Å². The van der Waals surface area contributed by atoms with E-state index in [1.807, 2.05) is 0 Å². The Balaban J connectivity index is 2.54. The zero-order chi connectivity index (χ0) is 9.26. The van der Waals surface area contributed by atoms with E-state index in [0.717, 1.165) is 5.69 Å². The van der Waals surface area contributed by atoms with Crippen molar-refractivity contribution in [3.8, 4) is 5.69 Å². The van der Waals surface area contributed by atoms with Crippen LogP contribution in [0.2, 0.25) is 0 Å². The van der Waals surface area contributed by atoms with Crippen LogP contribution in [-0.2, 0) is 0 Å². The minimum Gasteiger partial charge on any atom is -0.300 e. The van der Waals surface area contributed by atoms with E-state index in [1.165, 1.54) is 12.1 Å². The number of H-pyrrole nitrogens is 1. The standard InChI is InChI=1S/C9H7FN2S/c10-7-1-3-8(4-2-7)12-9(13)5-6-11-12/h1-6,11H. The molecule has 0 saturated heterocycles. The molecule has 2 aromatic rings. The highest BCUT2D eigenvalue weighted by atomic mass is 32.1. The van der Waals surface area contributed by atoms with Crippen LogP contribution in [0.4, 0.5) is 4.39 Å². The molecule has 66 valence electrons. The Kier molecular flexibility index (Phi) is 1.98. The summed E-state index contributed by atoms with van der Waals surface area (Å²) in [6.45, 7) is 0. The van der Waals surface area contributed by atoms with Crippen molar-refractivity contribution < 1.29 is 4.39 Å². The fourth-order valence-electron chi connectivity index (χ4n) is 1.11. The number of nitrogens with zero attached hydrogens (tertiary/aromatic N) is 1. The fraction of sp³-hybridized carbons (Fsp3) is 0. The molecule has 13 heavy (non-hydrogen) atoms. The van der Waals surface area contributed by atoms with Crippen LogP contribution in [0.1, 0.15) is 0 Å². The number of halogens is 1. The maximum Gasteiger partial charge on any atom is 0.127 e. The molecule has 1 aromatic carbocycles. The lowest BCUT2D eigenvalue weighted by molar-refractivity contribution is 0.627. The number of hydrogen-bond acceptors (Lipinski definition) is 1. The van der Waals surface area contributed by atoms with Gasteiger partial charge in [-0.3, -0.25) is 0 Å². The Hall–Kier alpha value is -1.42. The summed E-state index contributed by atoms with van der Waals surface area (Å²) in [6.07, 6.45) is 1.74. The zero-order valence-electron chi connectivity index (χ0n) is 6.70. The van der Waals surface area contributed by atoms with E-state index in [1.54, 1.807) is 29.1 Å². The predicted octanol–water partition coefficient (Wildman–Crippen LogP) is 2.67. The highest BCUT2D eigenvalue weighted by molar-refractivity contribution is 7.71. The Morgan fingerprint density at radius 2 is 1.85 bits per heavy atom. The average Bonchev–Trinajstić information content (AvgIpc) is 2.53. The summed E-state index contributed by atoms with van der Waals surface area (Å²) < 4.78 is 15.0. The van der Waals surface area contributed by atoms with E-state index < -0.39 is 0 Å². The van der Waals surface area contributed by atoms with Gasteiger partial charge in [0, 0.05) is 6.20 Å². The van der Waals surface area contributed by atoms with E-state index in [-0.39, 0.29) is 5.82 Å². The van der Waals surface area contributed by atoms with Crippen molar-refractivity contribution in [3.05, 3.63) is 47.0 Å². The molecule has 1 aromatic heterocycles. The summed E-state index contributed by atoms with van der Waals surface area (Å²) >= 11 is 5.04. The van der Waals surface area contributed by atoms with Crippen molar-refractivity contribution in [2.45, 2.75) is 0 Å². The number of rotatable bonds is 1. The van der Waals surface area contributed by atoms with Crippen LogP contribution < -0.4 is 0 Å². The molecular weight excluding hydrogens is 187 g/mol. The molecule has 0 aliphatic heterocycles. The van der Waals surface area contributed by atoms with Crippen molar-refractivity contribution in [2.75, 3.05) is 0 Å². The molecule has 0 spiro atoms. The molecule has 2 nitrogen and oxygen atoms in total. The number of hydrogen-bond donors (Lipinski definition) is 1. The van der Waals surface area contributed by atoms with Gasteiger partial charge >= 0.3 is 0 Å². The summed E-state index contributed by atoms with van der Waals surface area (Å²) in [6, 6.07) is 7.91. The third-order valence-electron chi connectivity index (χ3n) is 1.73. The number of nitrogens with one attached hydrogen (secondary N) is 1. The second-order valence-corrected chi connectivity index (χ2v) is 3.03. The lowest BCUT2D eigenvalue weighted by atomic mass is 10.3. The van der Waals surface area contributed by atoms with Crippen molar-refractivity contribution >= 4 is 12.2 Å². The van der Waals surface area contributed by atoms with Gasteiger partial charge in [-0.2, -0.15) is 0 Å². The molecule has 1 heterocycles. The maximum absolute atomic E-state index is 12.6. The first-order chi connectivity index (χ1) is 6.27. The van der Waals surface area contributed by atoms with E-state index in [4.69, 9.17) is 12.2 Å². The van der Waals surface area contributed by atoms with Crippen LogP contribution in [0.5, 0.6) is 0 Å². The van der Waals surface area contributed by atoms with Gasteiger partial charge in [0.05, 0.1) is 5.69 Å². The van der Waals surface area contributed by atoms with Crippen LogP contribution in [0.25, 0.3) is 5.69 Å². The molecule has 0 aliphatic rings. The lowest BCUT2D eigenvalue weighted by Gasteiger charge is -2.01. The largest absolute Gasteiger partial charge is 0.300 e. The molecule has 1 N–H and O–H groups in total. The quantitative estimate of drug-likeness (QED) is 0.692. The average molecular weight is 194 g/mol. The van der Waals surface area contributed by atoms with Gasteiger partial charge in [0.15, 0.2) is 0 Å². The molecule has 0 radical (unpaired) electrons. The van der Waals surface area contributed by atoms with Gasteiger partial charge < -0.3 is 5.10 Å². The molecule has 0 atom stereocenters. The minimum atomic E-state index is -0.248. The molecule has 0 fully saturated rings. The SMILES string of the molecule is Fc1ccc(-n2[nH]ccc2=S)cc1. The lowest BCUT2D eigenvalue weighted by Crippen LogP contribution is -1.95. The molecule has 0 saturated carbocycles. The van der Waals surface area contributed by atoms with Crippen molar-refractivity contribution in [2.24, 2.45) is 0 Å². The molecular formula is C9H7FN2S. The number of aromatic amines is 1. The second-order valence-electron chi connectivity index (χ2n) is 2.61. The first-order valence-electron chi connectivity index (χ1n) is 3.80. The van der Waals surface area contributed by atoms with Crippen LogP contribution in [0.3, 0.4) is 0 Å². The summed E-state index contributed by atoms with van der Waals surface area (Å²) in [4.78, 5) is 0. The van der Waals surface area contributed by atoms with Gasteiger partial charge in [-0.1, -0.05) is 12.2 Å². The molecule has 0 unspecified atom stereocenters. The third-order valence-corrected chi connectivity index (χ3v) is 2.05. The van der Waals surface area contributed by atoms with E-state index in [9.17, 15) is 4.39 Å². The summed E-state index contributed by atoms with van der Waals surface area (Å²) in [5, 5.41) is 2.93. The molecule has 0 aliphatic carbocycles. The third kappa shape index (κ3) is 1.53. The van der Waals surface area contributed by atoms with Crippen LogP contribution >= 0.6 is 12.2 Å². The Labute approximate surface area is 79.6 Å². The van der Waals surface area contributed by atoms with Gasteiger partial charge in [-0.05, 0) is 30.3 Å². The van der Waals surface area contributed by atoms with Crippen molar-refractivity contribution in [1.82, 2.24) is 9.78 Å². The fourth-order valence-corrected chi connectivity index (χ4v) is 1.34. The first kappa shape index (κ1) is 8.19. The molecule has 2 rings (SSSR count). The van der Waals surface area contributed by atoms with Crippen LogP contribution in [-0.4, -0.2) is 9.78 Å². The number of aromatic nitrogens is 2. The van der Waals surface area contributed by atoms with Gasteiger partial charge in [0.1, 0.15) is 10.5 Å². The Morgan fingerprint density at radius 3 is 2.38 bits per heavy atom. The van der Waals surface area contributed by atoms with E-state index >= 15 is 0 Å². The summed E-state index contributed by atoms with van der Waals surface area (Å²) in [7, 11) is 0. The van der Waals surface area contributed by atoms with Crippen molar-refractivity contribution in [1.29, 1.82) is 0 Å². The van der Waals surface area contributed by atoms with Gasteiger partial charge in [0.2, 0.25) is 0 Å². The highest BCUT2D eigenvalue weighted by Crippen LogP contribution is 2.08. The first-order valence-corrected chi connectivity index (χ1v) is 4.20. The molecule has 0 bridgehead atoms. The topological polar surface area (TPSA) is 20.7 Å². The smallest absolute Gasteiger partial charge is 0.127 e. The van der Waals surface area contributed by atoms with Crippen LogP contribution in [0, 0.1) is 10.5 Å². The van der Waals surface area contributed by atoms with Crippen LogP contribution in [0.15, 0.2) is 36.5 Å². The minimum absolute atomic E-state index is 0.248. The number of benzene rings is 1. The Morgan fingerprint density at radius 1 is 1.15 bits per heavy atom. The van der Waals surface area contributed by atoms with E-state index in [2.05, 4.69) is 5.10 Å². The zero-order valence-corrected chi connectivity index (χ0v) is 7.51. The van der Waals surface area contributed by atoms with Crippen molar-refractivity contribution in [3.63, 3.8) is 0 Å². The Bertz CT molecular complexity index is 455. The highest BCUT2D eigenvalue weighted by Gasteiger charge is 1.96. The summed E-state index contributed by atoms with van der Waals surface area (Å²) in [5.74, 6) is -0.248. The predicted molar refractivity (Wildman–Crippen MR) is 50.9 cm³/mol. The summed E-state index contributed by atoms with van der Waals surface area (Å²) in [5.41, 5.74) is 0.830. The second kappa shape index (κ2) is 3.14. The maximum atomic E-state index is 12.6. The monoisotopic (exact) mass is 194 g/mol. The van der Waals surface area contributed by atoms with Gasteiger partial charge in [-0.25, -0.2) is 9.07 Å². The normalized spacial score (nSPS) is 10.2.